The van der Waals surface area contributed by atoms with Crippen molar-refractivity contribution in [1.29, 1.82) is 0 Å². The second kappa shape index (κ2) is 1.92. The van der Waals surface area contributed by atoms with Gasteiger partial charge in [0.05, 0.1) is 4.32 Å². The topological polar surface area (TPSA) is 43.4 Å². The number of rotatable bonds is 1. The average molecular weight is 283 g/mol. The molecule has 4 unspecified atom stereocenters. The van der Waals surface area contributed by atoms with Crippen LogP contribution >= 0.6 is 15.9 Å². The summed E-state index contributed by atoms with van der Waals surface area (Å²) in [6.07, 6.45) is 0.712. The number of carbonyl (C=O) groups is 2. The molecular formula is C12H11BrO3. The zero-order chi connectivity index (χ0) is 11.0. The first kappa shape index (κ1) is 8.67. The molecular weight excluding hydrogens is 272 g/mol. The van der Waals surface area contributed by atoms with Gasteiger partial charge in [0.25, 0.3) is 0 Å². The standard InChI is InChI=1S/C12H11BrO3/c1-3(14)16-12-6-4-2-5(15)11(13)8(6)10(12)9(11)7(4)12/h4,6-10H,2H2,1H3/t4?,6-,7+,8-,9-,10?,11?,12?/m0/s1. The Balaban J connectivity index is 1.60. The van der Waals surface area contributed by atoms with E-state index in [-0.39, 0.29) is 15.9 Å². The minimum atomic E-state index is -0.205. The summed E-state index contributed by atoms with van der Waals surface area (Å²) in [6.45, 7) is 1.50. The van der Waals surface area contributed by atoms with Crippen LogP contribution in [0.1, 0.15) is 13.3 Å². The van der Waals surface area contributed by atoms with E-state index in [1.165, 1.54) is 6.92 Å². The fourth-order valence-corrected chi connectivity index (χ4v) is 7.43. The van der Waals surface area contributed by atoms with Gasteiger partial charge in [0.15, 0.2) is 0 Å². The van der Waals surface area contributed by atoms with Crippen LogP contribution in [-0.4, -0.2) is 21.7 Å². The summed E-state index contributed by atoms with van der Waals surface area (Å²) in [5, 5.41) is 0. The third-order valence-electron chi connectivity index (χ3n) is 6.17. The Hall–Kier alpha value is -0.380. The van der Waals surface area contributed by atoms with E-state index in [1.807, 2.05) is 0 Å². The van der Waals surface area contributed by atoms with E-state index in [4.69, 9.17) is 4.74 Å². The van der Waals surface area contributed by atoms with Crippen LogP contribution in [0.5, 0.6) is 0 Å². The van der Waals surface area contributed by atoms with Crippen molar-refractivity contribution in [3.63, 3.8) is 0 Å². The number of carbonyl (C=O) groups excluding carboxylic acids is 2. The maximum atomic E-state index is 12.0. The van der Waals surface area contributed by atoms with Crippen molar-refractivity contribution >= 4 is 27.7 Å². The number of hydrogen-bond donors (Lipinski definition) is 0. The zero-order valence-corrected chi connectivity index (χ0v) is 10.4. The molecule has 84 valence electrons. The average Bonchev–Trinajstić information content (AvgIpc) is 2.21. The summed E-state index contributed by atoms with van der Waals surface area (Å²) >= 11 is 3.70. The smallest absolute Gasteiger partial charge is 0.303 e. The molecule has 0 radical (unpaired) electrons. The molecule has 16 heavy (non-hydrogen) atoms. The van der Waals surface area contributed by atoms with Crippen LogP contribution in [0.4, 0.5) is 0 Å². The molecule has 6 aliphatic rings. The van der Waals surface area contributed by atoms with Gasteiger partial charge < -0.3 is 4.74 Å². The summed E-state index contributed by atoms with van der Waals surface area (Å²) < 4.78 is 5.39. The molecule has 6 aliphatic carbocycles. The van der Waals surface area contributed by atoms with Crippen LogP contribution in [0, 0.1) is 35.5 Å². The van der Waals surface area contributed by atoms with E-state index in [2.05, 4.69) is 15.9 Å². The van der Waals surface area contributed by atoms with Gasteiger partial charge in [-0.1, -0.05) is 15.9 Å². The fraction of sp³-hybridized carbons (Fsp3) is 0.833. The molecule has 8 atom stereocenters. The molecule has 0 amide bonds. The zero-order valence-electron chi connectivity index (χ0n) is 8.77. The van der Waals surface area contributed by atoms with Crippen LogP contribution < -0.4 is 0 Å². The van der Waals surface area contributed by atoms with Gasteiger partial charge in [-0.05, 0) is 17.8 Å². The molecule has 3 nitrogen and oxygen atoms in total. The van der Waals surface area contributed by atoms with Gasteiger partial charge in [0, 0.05) is 31.1 Å². The van der Waals surface area contributed by atoms with Gasteiger partial charge in [-0.2, -0.15) is 0 Å². The molecule has 6 rings (SSSR count). The fourth-order valence-electron chi connectivity index (χ4n) is 6.13. The molecule has 6 fully saturated rings. The maximum absolute atomic E-state index is 12.0. The minimum absolute atomic E-state index is 0.107. The Bertz CT molecular complexity index is 465. The van der Waals surface area contributed by atoms with Gasteiger partial charge >= 0.3 is 5.97 Å². The summed E-state index contributed by atoms with van der Waals surface area (Å²) in [4.78, 5) is 23.1. The maximum Gasteiger partial charge on any atom is 0.303 e. The van der Waals surface area contributed by atoms with E-state index < -0.39 is 0 Å². The molecule has 0 aromatic heterocycles. The number of ether oxygens (including phenoxy) is 1. The van der Waals surface area contributed by atoms with Crippen molar-refractivity contribution in [2.75, 3.05) is 0 Å². The van der Waals surface area contributed by atoms with Gasteiger partial charge in [-0.15, -0.1) is 0 Å². The van der Waals surface area contributed by atoms with E-state index in [0.717, 1.165) is 0 Å². The normalized spacial score (nSPS) is 70.5. The molecule has 0 aromatic carbocycles. The lowest BCUT2D eigenvalue weighted by molar-refractivity contribution is -0.501. The van der Waals surface area contributed by atoms with E-state index in [9.17, 15) is 9.59 Å². The second-order valence-corrected chi connectivity index (χ2v) is 7.45. The lowest BCUT2D eigenvalue weighted by Gasteiger charge is -2.97. The number of halogens is 1. The van der Waals surface area contributed by atoms with Crippen LogP contribution in [-0.2, 0) is 14.3 Å². The number of fused-ring (bicyclic) bond motifs is 1. The molecule has 0 spiro atoms. The predicted octanol–water partition coefficient (Wildman–Crippen LogP) is 1.15. The van der Waals surface area contributed by atoms with E-state index >= 15 is 0 Å². The molecule has 4 heteroatoms. The number of ketones is 1. The Morgan fingerprint density at radius 3 is 2.50 bits per heavy atom. The largest absolute Gasteiger partial charge is 0.458 e. The van der Waals surface area contributed by atoms with Crippen molar-refractivity contribution < 1.29 is 14.3 Å². The molecule has 2 bridgehead atoms. The highest BCUT2D eigenvalue weighted by Gasteiger charge is 3.02. The minimum Gasteiger partial charge on any atom is -0.458 e. The van der Waals surface area contributed by atoms with Crippen molar-refractivity contribution in [3.8, 4) is 0 Å². The summed E-state index contributed by atoms with van der Waals surface area (Å²) in [7, 11) is 0. The van der Waals surface area contributed by atoms with Crippen molar-refractivity contribution in [2.45, 2.75) is 23.3 Å². The highest BCUT2D eigenvalue weighted by molar-refractivity contribution is 9.10. The highest BCUT2D eigenvalue weighted by atomic mass is 79.9. The third kappa shape index (κ3) is 0.461. The first-order valence-corrected chi connectivity index (χ1v) is 6.75. The molecule has 0 aromatic rings. The SMILES string of the molecule is CC(=O)OC12C3[C@@H]4[C@H]1C1CC(=O)C4(Br)[C@H]3[C@H]12. The number of esters is 1. The second-order valence-electron chi connectivity index (χ2n) is 6.14. The quantitative estimate of drug-likeness (QED) is 0.535. The Morgan fingerprint density at radius 1 is 1.31 bits per heavy atom. The molecule has 0 N–H and O–H groups in total. The first-order valence-electron chi connectivity index (χ1n) is 5.96. The molecule has 0 saturated heterocycles. The molecule has 0 heterocycles. The van der Waals surface area contributed by atoms with Crippen molar-refractivity contribution in [1.82, 2.24) is 0 Å². The Kier molecular flexibility index (Phi) is 1.04. The van der Waals surface area contributed by atoms with E-state index in [0.29, 0.717) is 47.7 Å². The van der Waals surface area contributed by atoms with Crippen molar-refractivity contribution in [2.24, 2.45) is 35.5 Å². The Labute approximate surface area is 101 Å². The summed E-state index contributed by atoms with van der Waals surface area (Å²) in [5.74, 6) is 3.25. The lowest BCUT2D eigenvalue weighted by Crippen LogP contribution is -3.05. The lowest BCUT2D eigenvalue weighted by atomic mass is 9.09. The highest BCUT2D eigenvalue weighted by Crippen LogP contribution is 2.96. The Morgan fingerprint density at radius 2 is 1.94 bits per heavy atom. The number of alkyl halides is 1. The van der Waals surface area contributed by atoms with Gasteiger partial charge in [0.1, 0.15) is 11.4 Å². The summed E-state index contributed by atoms with van der Waals surface area (Å²) in [6, 6.07) is 0. The van der Waals surface area contributed by atoms with Crippen LogP contribution in [0.25, 0.3) is 0 Å². The van der Waals surface area contributed by atoms with E-state index in [1.54, 1.807) is 0 Å². The van der Waals surface area contributed by atoms with Crippen LogP contribution in [0.15, 0.2) is 0 Å². The third-order valence-corrected chi connectivity index (χ3v) is 7.67. The summed E-state index contributed by atoms with van der Waals surface area (Å²) in [5.41, 5.74) is -0.107. The first-order chi connectivity index (χ1) is 7.54. The van der Waals surface area contributed by atoms with Gasteiger partial charge in [-0.25, -0.2) is 0 Å². The van der Waals surface area contributed by atoms with Crippen LogP contribution in [0.3, 0.4) is 0 Å². The number of hydrogen-bond acceptors (Lipinski definition) is 3. The van der Waals surface area contributed by atoms with Gasteiger partial charge in [-0.3, -0.25) is 9.59 Å². The molecule has 0 aliphatic heterocycles. The number of Topliss-reactive ketones (excluding diaryl/α,β-unsaturated/α-hetero) is 1. The van der Waals surface area contributed by atoms with Crippen molar-refractivity contribution in [3.05, 3.63) is 0 Å². The van der Waals surface area contributed by atoms with Crippen LogP contribution in [0.2, 0.25) is 0 Å². The monoisotopic (exact) mass is 282 g/mol. The predicted molar refractivity (Wildman–Crippen MR) is 56.7 cm³/mol. The van der Waals surface area contributed by atoms with Gasteiger partial charge in [0.2, 0.25) is 0 Å². The molecule has 6 saturated carbocycles.